The first-order chi connectivity index (χ1) is 12.3. The van der Waals surface area contributed by atoms with Crippen molar-refractivity contribution in [2.45, 2.75) is 17.1 Å². The number of benzene rings is 2. The van der Waals surface area contributed by atoms with Gasteiger partial charge in [-0.25, -0.2) is 13.6 Å². The number of carbonyl (C=O) groups excluding carboxylic acids is 1. The first kappa shape index (κ1) is 19.5. The highest BCUT2D eigenvalue weighted by molar-refractivity contribution is 7.99. The number of primary sulfonamides is 1. The standard InChI is InChI=1S/C17H16Cl2N2O3S2/c18-13-3-1-12(15(19)7-13)9-25-10-17(22)21-6-5-11-2-4-14(8-16(11)21)26(20,23)24/h1-4,7-8H,5-6,9-10H2,(H2,20,23,24). The van der Waals surface area contributed by atoms with Gasteiger partial charge in [-0.15, -0.1) is 11.8 Å². The summed E-state index contributed by atoms with van der Waals surface area (Å²) in [6.07, 6.45) is 0.694. The molecule has 0 fully saturated rings. The first-order valence-corrected chi connectivity index (χ1v) is 11.2. The van der Waals surface area contributed by atoms with Crippen molar-refractivity contribution >= 4 is 56.6 Å². The first-order valence-electron chi connectivity index (χ1n) is 7.73. The van der Waals surface area contributed by atoms with Crippen molar-refractivity contribution in [3.8, 4) is 0 Å². The van der Waals surface area contributed by atoms with Gasteiger partial charge in [0.1, 0.15) is 0 Å². The summed E-state index contributed by atoms with van der Waals surface area (Å²) >= 11 is 13.5. The minimum atomic E-state index is -3.80. The summed E-state index contributed by atoms with van der Waals surface area (Å²) in [6, 6.07) is 9.92. The van der Waals surface area contributed by atoms with Gasteiger partial charge in [-0.1, -0.05) is 35.3 Å². The molecule has 2 aromatic carbocycles. The van der Waals surface area contributed by atoms with Crippen LogP contribution in [0.2, 0.25) is 10.0 Å². The number of fused-ring (bicyclic) bond motifs is 1. The van der Waals surface area contributed by atoms with Crippen LogP contribution in [0.5, 0.6) is 0 Å². The maximum atomic E-state index is 12.6. The Balaban J connectivity index is 1.67. The number of rotatable bonds is 5. The highest BCUT2D eigenvalue weighted by Crippen LogP contribution is 2.31. The van der Waals surface area contributed by atoms with Crippen LogP contribution in [0.15, 0.2) is 41.3 Å². The van der Waals surface area contributed by atoms with E-state index in [2.05, 4.69) is 0 Å². The minimum Gasteiger partial charge on any atom is -0.311 e. The zero-order valence-electron chi connectivity index (χ0n) is 13.6. The molecular formula is C17H16Cl2N2O3S2. The van der Waals surface area contributed by atoms with E-state index in [0.717, 1.165) is 11.1 Å². The van der Waals surface area contributed by atoms with Crippen LogP contribution in [0.1, 0.15) is 11.1 Å². The number of thioether (sulfide) groups is 1. The van der Waals surface area contributed by atoms with Crippen molar-refractivity contribution in [3.63, 3.8) is 0 Å². The second kappa shape index (κ2) is 7.78. The molecule has 138 valence electrons. The number of hydrogen-bond acceptors (Lipinski definition) is 4. The molecule has 2 aromatic rings. The number of anilines is 1. The second-order valence-corrected chi connectivity index (χ2v) is 9.25. The normalized spacial score (nSPS) is 13.7. The number of nitrogens with zero attached hydrogens (tertiary/aromatic N) is 1. The molecule has 2 N–H and O–H groups in total. The van der Waals surface area contributed by atoms with Gasteiger partial charge in [-0.2, -0.15) is 0 Å². The zero-order chi connectivity index (χ0) is 18.9. The molecular weight excluding hydrogens is 415 g/mol. The number of sulfonamides is 1. The molecule has 0 saturated heterocycles. The van der Waals surface area contributed by atoms with E-state index >= 15 is 0 Å². The van der Waals surface area contributed by atoms with Gasteiger partial charge in [0.05, 0.1) is 10.6 Å². The molecule has 26 heavy (non-hydrogen) atoms. The largest absolute Gasteiger partial charge is 0.311 e. The van der Waals surface area contributed by atoms with Crippen LogP contribution in [-0.4, -0.2) is 26.6 Å². The average molecular weight is 431 g/mol. The minimum absolute atomic E-state index is 0.0107. The fraction of sp³-hybridized carbons (Fsp3) is 0.235. The predicted octanol–water partition coefficient (Wildman–Crippen LogP) is 3.46. The summed E-state index contributed by atoms with van der Waals surface area (Å²) in [5.74, 6) is 0.767. The lowest BCUT2D eigenvalue weighted by atomic mass is 10.2. The van der Waals surface area contributed by atoms with Gasteiger partial charge in [-0.05, 0) is 41.8 Å². The fourth-order valence-corrected chi connectivity index (χ4v) is 4.75. The molecule has 0 radical (unpaired) electrons. The Hall–Kier alpha value is -1.25. The van der Waals surface area contributed by atoms with E-state index < -0.39 is 10.0 Å². The molecule has 0 bridgehead atoms. The lowest BCUT2D eigenvalue weighted by Gasteiger charge is -2.18. The van der Waals surface area contributed by atoms with Gasteiger partial charge in [-0.3, -0.25) is 4.79 Å². The lowest BCUT2D eigenvalue weighted by Crippen LogP contribution is -2.30. The lowest BCUT2D eigenvalue weighted by molar-refractivity contribution is -0.116. The Labute approximate surface area is 166 Å². The summed E-state index contributed by atoms with van der Waals surface area (Å²) in [6.45, 7) is 0.532. The number of amides is 1. The van der Waals surface area contributed by atoms with Crippen molar-refractivity contribution in [2.24, 2.45) is 5.14 Å². The fourth-order valence-electron chi connectivity index (χ4n) is 2.76. The van der Waals surface area contributed by atoms with Crippen LogP contribution in [0.3, 0.4) is 0 Å². The number of hydrogen-bond donors (Lipinski definition) is 1. The number of nitrogens with two attached hydrogens (primary N) is 1. The van der Waals surface area contributed by atoms with Crippen LogP contribution in [0.4, 0.5) is 5.69 Å². The summed E-state index contributed by atoms with van der Waals surface area (Å²) < 4.78 is 23.1. The molecule has 0 atom stereocenters. The van der Waals surface area contributed by atoms with Gasteiger partial charge in [0, 0.05) is 28.0 Å². The summed E-state index contributed by atoms with van der Waals surface area (Å²) in [5, 5.41) is 6.32. The molecule has 5 nitrogen and oxygen atoms in total. The molecule has 1 aliphatic rings. The SMILES string of the molecule is NS(=O)(=O)c1ccc2c(c1)N(C(=O)CSCc1ccc(Cl)cc1Cl)CC2. The molecule has 0 unspecified atom stereocenters. The molecule has 0 aromatic heterocycles. The summed E-state index contributed by atoms with van der Waals surface area (Å²) in [4.78, 5) is 14.2. The number of carbonyl (C=O) groups is 1. The van der Waals surface area contributed by atoms with Gasteiger partial charge < -0.3 is 4.90 Å². The monoisotopic (exact) mass is 430 g/mol. The van der Waals surface area contributed by atoms with E-state index in [4.69, 9.17) is 28.3 Å². The average Bonchev–Trinajstić information content (AvgIpc) is 2.99. The Morgan fingerprint density at radius 3 is 2.65 bits per heavy atom. The summed E-state index contributed by atoms with van der Waals surface area (Å²) in [5.41, 5.74) is 2.47. The van der Waals surface area contributed by atoms with E-state index in [-0.39, 0.29) is 16.6 Å². The van der Waals surface area contributed by atoms with E-state index in [0.29, 0.717) is 34.5 Å². The molecule has 1 amide bonds. The third kappa shape index (κ3) is 4.35. The smallest absolute Gasteiger partial charge is 0.238 e. The molecule has 0 spiro atoms. The van der Waals surface area contributed by atoms with Crippen LogP contribution in [0.25, 0.3) is 0 Å². The Morgan fingerprint density at radius 2 is 1.96 bits per heavy atom. The molecule has 0 aliphatic carbocycles. The molecule has 9 heteroatoms. The molecule has 0 saturated carbocycles. The van der Waals surface area contributed by atoms with Gasteiger partial charge in [0.25, 0.3) is 0 Å². The summed E-state index contributed by atoms with van der Waals surface area (Å²) in [7, 11) is -3.80. The van der Waals surface area contributed by atoms with E-state index in [9.17, 15) is 13.2 Å². The quantitative estimate of drug-likeness (QED) is 0.786. The maximum absolute atomic E-state index is 12.6. The van der Waals surface area contributed by atoms with Crippen LogP contribution >= 0.6 is 35.0 Å². The Kier molecular flexibility index (Phi) is 5.84. The van der Waals surface area contributed by atoms with Gasteiger partial charge in [0.2, 0.25) is 15.9 Å². The topological polar surface area (TPSA) is 80.5 Å². The molecule has 1 heterocycles. The molecule has 3 rings (SSSR count). The van der Waals surface area contributed by atoms with Gasteiger partial charge >= 0.3 is 0 Å². The van der Waals surface area contributed by atoms with Crippen LogP contribution < -0.4 is 10.0 Å². The van der Waals surface area contributed by atoms with Crippen LogP contribution in [-0.2, 0) is 27.0 Å². The van der Waals surface area contributed by atoms with E-state index in [1.807, 2.05) is 6.07 Å². The predicted molar refractivity (Wildman–Crippen MR) is 106 cm³/mol. The zero-order valence-corrected chi connectivity index (χ0v) is 16.8. The van der Waals surface area contributed by atoms with Gasteiger partial charge in [0.15, 0.2) is 0 Å². The highest BCUT2D eigenvalue weighted by atomic mass is 35.5. The van der Waals surface area contributed by atoms with Crippen molar-refractivity contribution in [1.29, 1.82) is 0 Å². The maximum Gasteiger partial charge on any atom is 0.238 e. The van der Waals surface area contributed by atoms with E-state index in [1.54, 1.807) is 23.1 Å². The second-order valence-electron chi connectivity index (χ2n) is 5.86. The third-order valence-electron chi connectivity index (χ3n) is 4.08. The van der Waals surface area contributed by atoms with Crippen molar-refractivity contribution < 1.29 is 13.2 Å². The molecule has 1 aliphatic heterocycles. The van der Waals surface area contributed by atoms with Crippen LogP contribution in [0, 0.1) is 0 Å². The van der Waals surface area contributed by atoms with E-state index in [1.165, 1.54) is 23.9 Å². The highest BCUT2D eigenvalue weighted by Gasteiger charge is 2.26. The van der Waals surface area contributed by atoms with Crippen molar-refractivity contribution in [1.82, 2.24) is 0 Å². The third-order valence-corrected chi connectivity index (χ3v) is 6.54. The number of halogens is 2. The Bertz CT molecular complexity index is 964. The van der Waals surface area contributed by atoms with Crippen molar-refractivity contribution in [3.05, 3.63) is 57.6 Å². The van der Waals surface area contributed by atoms with Crippen molar-refractivity contribution in [2.75, 3.05) is 17.2 Å². The Morgan fingerprint density at radius 1 is 1.19 bits per heavy atom.